The van der Waals surface area contributed by atoms with Crippen molar-refractivity contribution in [2.24, 2.45) is 5.73 Å². The predicted molar refractivity (Wildman–Crippen MR) is 112 cm³/mol. The van der Waals surface area contributed by atoms with Crippen molar-refractivity contribution < 1.29 is 19.7 Å². The van der Waals surface area contributed by atoms with Crippen LogP contribution in [0.25, 0.3) is 22.3 Å². The molecule has 1 aromatic carbocycles. The van der Waals surface area contributed by atoms with Crippen molar-refractivity contribution in [3.8, 4) is 17.1 Å². The Morgan fingerprint density at radius 1 is 1.33 bits per heavy atom. The standard InChI is InChI=1S/C21H19N3O5.ClH/c1-2-21(28)12-7-14-18-10(6-11-13(23-18)4-3-5-15(11)25)9-24(14)19(26)17(12)16(8-22)29-20(21)27;/h3-7,16,25,28H,2,8-9,22H2,1H3;1H/t16?,21-;/m0./s1. The minimum Gasteiger partial charge on any atom is -0.507 e. The molecule has 0 fully saturated rings. The zero-order chi connectivity index (χ0) is 20.5. The number of hydrogen-bond donors (Lipinski definition) is 3. The van der Waals surface area contributed by atoms with Gasteiger partial charge >= 0.3 is 5.97 Å². The van der Waals surface area contributed by atoms with E-state index in [-0.39, 0.29) is 54.4 Å². The van der Waals surface area contributed by atoms with Crippen LogP contribution in [0.5, 0.6) is 5.75 Å². The molecule has 2 aliphatic rings. The van der Waals surface area contributed by atoms with Crippen LogP contribution in [0.2, 0.25) is 0 Å². The Kier molecular flexibility index (Phi) is 4.61. The molecule has 0 saturated carbocycles. The number of phenolic OH excluding ortho intramolecular Hbond substituents is 1. The lowest BCUT2D eigenvalue weighted by atomic mass is 9.83. The second kappa shape index (κ2) is 6.80. The Labute approximate surface area is 177 Å². The van der Waals surface area contributed by atoms with E-state index >= 15 is 0 Å². The number of carbonyl (C=O) groups excluding carboxylic acids is 1. The number of fused-ring (bicyclic) bond motifs is 5. The Morgan fingerprint density at radius 3 is 2.80 bits per heavy atom. The molecule has 0 radical (unpaired) electrons. The molecule has 9 heteroatoms. The Bertz CT molecular complexity index is 1270. The second-order valence-electron chi connectivity index (χ2n) is 7.43. The van der Waals surface area contributed by atoms with Crippen LogP contribution in [0.3, 0.4) is 0 Å². The van der Waals surface area contributed by atoms with Crippen LogP contribution in [0.15, 0.2) is 35.1 Å². The van der Waals surface area contributed by atoms with Gasteiger partial charge in [0.05, 0.1) is 29.0 Å². The van der Waals surface area contributed by atoms with Crippen LogP contribution in [-0.4, -0.2) is 32.3 Å². The van der Waals surface area contributed by atoms with E-state index in [0.717, 1.165) is 5.56 Å². The highest BCUT2D eigenvalue weighted by Crippen LogP contribution is 2.42. The van der Waals surface area contributed by atoms with E-state index in [0.29, 0.717) is 22.3 Å². The van der Waals surface area contributed by atoms with Gasteiger partial charge in [0.2, 0.25) is 0 Å². The maximum absolute atomic E-state index is 13.3. The molecule has 3 aromatic rings. The molecule has 0 bridgehead atoms. The van der Waals surface area contributed by atoms with Gasteiger partial charge in [0.25, 0.3) is 5.56 Å². The fourth-order valence-electron chi connectivity index (χ4n) is 4.30. The Morgan fingerprint density at radius 2 is 2.10 bits per heavy atom. The van der Waals surface area contributed by atoms with Crippen molar-refractivity contribution in [2.75, 3.05) is 6.54 Å². The van der Waals surface area contributed by atoms with Crippen molar-refractivity contribution in [3.63, 3.8) is 0 Å². The quantitative estimate of drug-likeness (QED) is 0.414. The third-order valence-electron chi connectivity index (χ3n) is 5.90. The van der Waals surface area contributed by atoms with E-state index in [1.807, 2.05) is 6.07 Å². The van der Waals surface area contributed by atoms with Gasteiger partial charge in [-0.05, 0) is 30.7 Å². The number of hydrogen-bond acceptors (Lipinski definition) is 7. The van der Waals surface area contributed by atoms with Crippen LogP contribution in [0, 0.1) is 0 Å². The summed E-state index contributed by atoms with van der Waals surface area (Å²) in [7, 11) is 0. The minimum absolute atomic E-state index is 0. The number of aromatic nitrogens is 2. The van der Waals surface area contributed by atoms with Crippen LogP contribution in [-0.2, 0) is 21.7 Å². The van der Waals surface area contributed by atoms with E-state index in [1.165, 1.54) is 0 Å². The molecule has 0 amide bonds. The summed E-state index contributed by atoms with van der Waals surface area (Å²) in [5.74, 6) is -0.690. The van der Waals surface area contributed by atoms with Gasteiger partial charge in [0, 0.05) is 23.1 Å². The van der Waals surface area contributed by atoms with Gasteiger partial charge < -0.3 is 25.3 Å². The molecule has 5 rings (SSSR count). The lowest BCUT2D eigenvalue weighted by Gasteiger charge is -2.35. The van der Waals surface area contributed by atoms with Crippen molar-refractivity contribution >= 4 is 29.3 Å². The van der Waals surface area contributed by atoms with Crippen molar-refractivity contribution in [2.45, 2.75) is 31.6 Å². The molecule has 1 unspecified atom stereocenters. The number of aliphatic hydroxyl groups is 1. The average Bonchev–Trinajstić information content (AvgIpc) is 3.08. The number of cyclic esters (lactones) is 1. The molecule has 156 valence electrons. The Hall–Kier alpha value is -2.94. The van der Waals surface area contributed by atoms with E-state index in [1.54, 1.807) is 35.8 Å². The number of aromatic hydroxyl groups is 1. The second-order valence-corrected chi connectivity index (χ2v) is 7.43. The largest absolute Gasteiger partial charge is 0.507 e. The highest BCUT2D eigenvalue weighted by Gasteiger charge is 2.48. The zero-order valence-corrected chi connectivity index (χ0v) is 16.9. The molecule has 2 atom stereocenters. The Balaban J connectivity index is 0.00000218. The minimum atomic E-state index is -1.91. The summed E-state index contributed by atoms with van der Waals surface area (Å²) in [6.07, 6.45) is -0.848. The average molecular weight is 430 g/mol. The van der Waals surface area contributed by atoms with Crippen LogP contribution < -0.4 is 11.3 Å². The van der Waals surface area contributed by atoms with E-state index in [9.17, 15) is 19.8 Å². The van der Waals surface area contributed by atoms with Gasteiger partial charge in [-0.3, -0.25) is 4.79 Å². The fourth-order valence-corrected chi connectivity index (χ4v) is 4.30. The monoisotopic (exact) mass is 429 g/mol. The number of ether oxygens (including phenoxy) is 1. The number of esters is 1. The maximum Gasteiger partial charge on any atom is 0.343 e. The normalized spacial score (nSPS) is 21.4. The van der Waals surface area contributed by atoms with Crippen LogP contribution >= 0.6 is 12.4 Å². The SMILES string of the molecule is CC[C@@]1(O)C(=O)OC(CN)c2c1cc1n(c2=O)Cc2cc3c(O)cccc3nc2-1.Cl. The molecule has 0 saturated heterocycles. The number of carbonyl (C=O) groups is 1. The van der Waals surface area contributed by atoms with Gasteiger partial charge in [0.15, 0.2) is 5.60 Å². The third-order valence-corrected chi connectivity index (χ3v) is 5.90. The summed E-state index contributed by atoms with van der Waals surface area (Å²) in [6.45, 7) is 1.86. The van der Waals surface area contributed by atoms with E-state index in [2.05, 4.69) is 4.98 Å². The van der Waals surface area contributed by atoms with Gasteiger partial charge in [-0.25, -0.2) is 9.78 Å². The predicted octanol–water partition coefficient (Wildman–Crippen LogP) is 1.71. The molecule has 4 N–H and O–H groups in total. The number of nitrogens with zero attached hydrogens (tertiary/aromatic N) is 2. The molecule has 0 spiro atoms. The fraction of sp³-hybridized carbons (Fsp3) is 0.286. The number of benzene rings is 1. The summed E-state index contributed by atoms with van der Waals surface area (Å²) in [5, 5.41) is 21.7. The topological polar surface area (TPSA) is 128 Å². The smallest absolute Gasteiger partial charge is 0.343 e. The van der Waals surface area contributed by atoms with Gasteiger partial charge in [-0.2, -0.15) is 0 Å². The molecule has 0 aliphatic carbocycles. The van der Waals surface area contributed by atoms with Gasteiger partial charge in [-0.15, -0.1) is 12.4 Å². The number of phenols is 1. The van der Waals surface area contributed by atoms with Crippen LogP contribution in [0.1, 0.15) is 36.1 Å². The first-order valence-electron chi connectivity index (χ1n) is 9.42. The maximum atomic E-state index is 13.3. The summed E-state index contributed by atoms with van der Waals surface area (Å²) in [5.41, 5.74) is 6.38. The summed E-state index contributed by atoms with van der Waals surface area (Å²) < 4.78 is 6.83. The first-order chi connectivity index (χ1) is 13.9. The lowest BCUT2D eigenvalue weighted by Crippen LogP contribution is -2.47. The highest BCUT2D eigenvalue weighted by atomic mass is 35.5. The summed E-state index contributed by atoms with van der Waals surface area (Å²) >= 11 is 0. The highest BCUT2D eigenvalue weighted by molar-refractivity contribution is 5.89. The number of rotatable bonds is 2. The van der Waals surface area contributed by atoms with Gasteiger partial charge in [-0.1, -0.05) is 13.0 Å². The van der Waals surface area contributed by atoms with Gasteiger partial charge in [0.1, 0.15) is 11.9 Å². The number of nitrogens with two attached hydrogens (primary N) is 1. The van der Waals surface area contributed by atoms with Crippen molar-refractivity contribution in [1.82, 2.24) is 9.55 Å². The lowest BCUT2D eigenvalue weighted by molar-refractivity contribution is -0.177. The first kappa shape index (κ1) is 20.3. The molecular formula is C21H20ClN3O5. The number of pyridine rings is 2. The van der Waals surface area contributed by atoms with Crippen molar-refractivity contribution in [1.29, 1.82) is 0 Å². The van der Waals surface area contributed by atoms with Crippen LogP contribution in [0.4, 0.5) is 0 Å². The first-order valence-corrected chi connectivity index (χ1v) is 9.42. The third kappa shape index (κ3) is 2.51. The zero-order valence-electron chi connectivity index (χ0n) is 16.1. The summed E-state index contributed by atoms with van der Waals surface area (Å²) in [6, 6.07) is 8.52. The molecule has 2 aromatic heterocycles. The van der Waals surface area contributed by atoms with E-state index < -0.39 is 17.7 Å². The van der Waals surface area contributed by atoms with E-state index in [4.69, 9.17) is 10.5 Å². The summed E-state index contributed by atoms with van der Waals surface area (Å²) in [4.78, 5) is 30.4. The van der Waals surface area contributed by atoms with Crippen molar-refractivity contribution in [3.05, 3.63) is 57.4 Å². The molecule has 30 heavy (non-hydrogen) atoms. The molecule has 4 heterocycles. The number of halogens is 1. The molecule has 8 nitrogen and oxygen atoms in total. The molecule has 2 aliphatic heterocycles. The molecular weight excluding hydrogens is 410 g/mol.